The maximum Gasteiger partial charge on any atom is 0.257 e. The molecule has 1 aromatic heterocycles. The first kappa shape index (κ1) is 19.1. The fourth-order valence-electron chi connectivity index (χ4n) is 3.19. The third-order valence-corrected chi connectivity index (χ3v) is 4.64. The van der Waals surface area contributed by atoms with Gasteiger partial charge in [-0.3, -0.25) is 4.79 Å². The zero-order valence-corrected chi connectivity index (χ0v) is 15.9. The Morgan fingerprint density at radius 3 is 2.79 bits per heavy atom. The van der Waals surface area contributed by atoms with Crippen molar-refractivity contribution in [1.82, 2.24) is 15.0 Å². The van der Waals surface area contributed by atoms with Gasteiger partial charge in [-0.15, -0.1) is 0 Å². The van der Waals surface area contributed by atoms with E-state index in [1.807, 2.05) is 0 Å². The molecule has 8 heteroatoms. The van der Waals surface area contributed by atoms with Gasteiger partial charge in [0.1, 0.15) is 17.7 Å². The van der Waals surface area contributed by atoms with E-state index in [1.54, 1.807) is 48.2 Å². The van der Waals surface area contributed by atoms with E-state index in [9.17, 15) is 9.18 Å². The van der Waals surface area contributed by atoms with Gasteiger partial charge in [0.05, 0.1) is 18.7 Å². The number of hydrogen-bond acceptors (Lipinski definition) is 6. The predicted octanol–water partition coefficient (Wildman–Crippen LogP) is 3.31. The summed E-state index contributed by atoms with van der Waals surface area (Å²) in [6, 6.07) is 13.2. The molecule has 0 N–H and O–H groups in total. The molecule has 150 valence electrons. The fourth-order valence-corrected chi connectivity index (χ4v) is 3.19. The lowest BCUT2D eigenvalue weighted by atomic mass is 10.1. The number of benzene rings is 2. The largest absolute Gasteiger partial charge is 0.485 e. The monoisotopic (exact) mass is 397 g/mol. The molecule has 4 rings (SSSR count). The normalized spacial score (nSPS) is 16.6. The molecule has 0 aliphatic carbocycles. The number of carbonyl (C=O) groups excluding carboxylic acids is 1. The van der Waals surface area contributed by atoms with Crippen LogP contribution in [-0.4, -0.2) is 40.6 Å². The lowest BCUT2D eigenvalue weighted by Gasteiger charge is -2.33. The van der Waals surface area contributed by atoms with Crippen LogP contribution in [0.1, 0.15) is 33.7 Å². The smallest absolute Gasteiger partial charge is 0.257 e. The fraction of sp³-hybridized carbons (Fsp3) is 0.286. The summed E-state index contributed by atoms with van der Waals surface area (Å²) in [6.07, 6.45) is -0.302. The van der Waals surface area contributed by atoms with Crippen molar-refractivity contribution in [1.29, 1.82) is 0 Å². The summed E-state index contributed by atoms with van der Waals surface area (Å²) in [5, 5.41) is 3.80. The second-order valence-corrected chi connectivity index (χ2v) is 6.68. The molecule has 1 aliphatic heterocycles. The Hall–Kier alpha value is -3.26. The van der Waals surface area contributed by atoms with Gasteiger partial charge >= 0.3 is 0 Å². The number of para-hydroxylation sites is 1. The van der Waals surface area contributed by atoms with Crippen LogP contribution in [0, 0.1) is 12.7 Å². The van der Waals surface area contributed by atoms with Gasteiger partial charge in [0.2, 0.25) is 11.7 Å². The summed E-state index contributed by atoms with van der Waals surface area (Å²) in [5.41, 5.74) is 1.29. The van der Waals surface area contributed by atoms with Crippen LogP contribution in [-0.2, 0) is 11.3 Å². The van der Waals surface area contributed by atoms with Crippen molar-refractivity contribution in [3.8, 4) is 5.75 Å². The lowest BCUT2D eigenvalue weighted by molar-refractivity contribution is -0.0229. The van der Waals surface area contributed by atoms with Crippen molar-refractivity contribution >= 4 is 5.91 Å². The van der Waals surface area contributed by atoms with Gasteiger partial charge in [-0.25, -0.2) is 4.39 Å². The van der Waals surface area contributed by atoms with Crippen LogP contribution in [0.4, 0.5) is 4.39 Å². The van der Waals surface area contributed by atoms with Crippen LogP contribution in [0.5, 0.6) is 5.75 Å². The minimum absolute atomic E-state index is 0.100. The van der Waals surface area contributed by atoms with E-state index in [1.165, 1.54) is 12.1 Å². The van der Waals surface area contributed by atoms with Crippen molar-refractivity contribution < 1.29 is 23.2 Å². The Labute approximate surface area is 167 Å². The first-order chi connectivity index (χ1) is 14.1. The Bertz CT molecular complexity index is 990. The van der Waals surface area contributed by atoms with E-state index >= 15 is 0 Å². The molecule has 1 unspecified atom stereocenters. The molecular formula is C21H20FN3O4. The zero-order valence-electron chi connectivity index (χ0n) is 15.9. The van der Waals surface area contributed by atoms with E-state index in [4.69, 9.17) is 14.0 Å². The van der Waals surface area contributed by atoms with Crippen LogP contribution >= 0.6 is 0 Å². The number of morpholine rings is 1. The molecule has 0 bridgehead atoms. The number of aryl methyl sites for hydroxylation is 1. The van der Waals surface area contributed by atoms with Crippen molar-refractivity contribution in [2.45, 2.75) is 19.6 Å². The number of hydrogen-bond donors (Lipinski definition) is 0. The van der Waals surface area contributed by atoms with Crippen LogP contribution in [0.25, 0.3) is 0 Å². The molecule has 1 saturated heterocycles. The second-order valence-electron chi connectivity index (χ2n) is 6.68. The molecular weight excluding hydrogens is 377 g/mol. The lowest BCUT2D eigenvalue weighted by Crippen LogP contribution is -2.42. The maximum atomic E-state index is 13.2. The number of amides is 1. The molecule has 1 amide bonds. The van der Waals surface area contributed by atoms with Crippen molar-refractivity contribution in [2.24, 2.45) is 0 Å². The highest BCUT2D eigenvalue weighted by molar-refractivity contribution is 5.97. The molecule has 1 aliphatic rings. The number of carbonyl (C=O) groups is 1. The number of nitrogens with zero attached hydrogens (tertiary/aromatic N) is 3. The molecule has 1 fully saturated rings. The van der Waals surface area contributed by atoms with Crippen LogP contribution in [0.2, 0.25) is 0 Å². The number of rotatable bonds is 5. The van der Waals surface area contributed by atoms with Crippen molar-refractivity contribution in [3.05, 3.63) is 77.2 Å². The van der Waals surface area contributed by atoms with Gasteiger partial charge in [0.25, 0.3) is 5.91 Å². The quantitative estimate of drug-likeness (QED) is 0.657. The first-order valence-electron chi connectivity index (χ1n) is 9.27. The molecule has 29 heavy (non-hydrogen) atoms. The molecule has 0 spiro atoms. The number of ether oxygens (including phenoxy) is 2. The maximum absolute atomic E-state index is 13.2. The average Bonchev–Trinajstić information content (AvgIpc) is 3.18. The molecule has 2 heterocycles. The summed E-state index contributed by atoms with van der Waals surface area (Å²) in [4.78, 5) is 19.0. The van der Waals surface area contributed by atoms with E-state index in [2.05, 4.69) is 10.1 Å². The Morgan fingerprint density at radius 1 is 1.24 bits per heavy atom. The van der Waals surface area contributed by atoms with E-state index in [0.717, 1.165) is 5.56 Å². The Balaban J connectivity index is 1.48. The third-order valence-electron chi connectivity index (χ3n) is 4.64. The average molecular weight is 397 g/mol. The third kappa shape index (κ3) is 4.43. The van der Waals surface area contributed by atoms with Crippen molar-refractivity contribution in [3.63, 3.8) is 0 Å². The van der Waals surface area contributed by atoms with Gasteiger partial charge in [0.15, 0.2) is 6.61 Å². The van der Waals surface area contributed by atoms with E-state index < -0.39 is 0 Å². The number of aromatic nitrogens is 2. The number of halogens is 1. The molecule has 0 saturated carbocycles. The van der Waals surface area contributed by atoms with E-state index in [0.29, 0.717) is 42.7 Å². The standard InChI is InChI=1S/C21H20FN3O4/c1-14-23-20(24-29-14)13-28-18-5-3-2-4-17(18)21(26)25-10-11-27-19(12-25)15-6-8-16(22)9-7-15/h2-9,19H,10-13H2,1H3. The minimum atomic E-state index is -0.305. The molecule has 3 aromatic rings. The SMILES string of the molecule is Cc1nc(COc2ccccc2C(=O)N2CCOC(c3ccc(F)cc3)C2)no1. The molecule has 0 radical (unpaired) electrons. The highest BCUT2D eigenvalue weighted by atomic mass is 19.1. The van der Waals surface area contributed by atoms with E-state index in [-0.39, 0.29) is 24.4 Å². The van der Waals surface area contributed by atoms with Gasteiger partial charge in [-0.05, 0) is 29.8 Å². The molecule has 2 aromatic carbocycles. The predicted molar refractivity (Wildman–Crippen MR) is 101 cm³/mol. The molecule has 7 nitrogen and oxygen atoms in total. The summed E-state index contributed by atoms with van der Waals surface area (Å²) in [7, 11) is 0. The Morgan fingerprint density at radius 2 is 2.03 bits per heavy atom. The summed E-state index contributed by atoms with van der Waals surface area (Å²) < 4.78 is 29.7. The van der Waals surface area contributed by atoms with Gasteiger partial charge in [-0.1, -0.05) is 29.4 Å². The summed E-state index contributed by atoms with van der Waals surface area (Å²) in [6.45, 7) is 3.05. The van der Waals surface area contributed by atoms with Crippen LogP contribution < -0.4 is 4.74 Å². The first-order valence-corrected chi connectivity index (χ1v) is 9.27. The molecule has 1 atom stereocenters. The van der Waals surface area contributed by atoms with Crippen molar-refractivity contribution in [2.75, 3.05) is 19.7 Å². The highest BCUT2D eigenvalue weighted by Gasteiger charge is 2.27. The van der Waals surface area contributed by atoms with Gasteiger partial charge in [-0.2, -0.15) is 4.98 Å². The summed E-state index contributed by atoms with van der Waals surface area (Å²) >= 11 is 0. The topological polar surface area (TPSA) is 77.7 Å². The minimum Gasteiger partial charge on any atom is -0.485 e. The van der Waals surface area contributed by atoms with Gasteiger partial charge in [0, 0.05) is 13.5 Å². The second kappa shape index (κ2) is 8.40. The highest BCUT2D eigenvalue weighted by Crippen LogP contribution is 2.26. The zero-order chi connectivity index (χ0) is 20.2. The Kier molecular flexibility index (Phi) is 5.53. The van der Waals surface area contributed by atoms with Crippen LogP contribution in [0.15, 0.2) is 53.1 Å². The van der Waals surface area contributed by atoms with Crippen LogP contribution in [0.3, 0.4) is 0 Å². The van der Waals surface area contributed by atoms with Gasteiger partial charge < -0.3 is 18.9 Å². The summed E-state index contributed by atoms with van der Waals surface area (Å²) in [5.74, 6) is 0.853.